The molecule has 2 rings (SSSR count). The Balaban J connectivity index is 2.20. The summed E-state index contributed by atoms with van der Waals surface area (Å²) >= 11 is 0.865. The van der Waals surface area contributed by atoms with Crippen LogP contribution in [-0.4, -0.2) is 42.5 Å². The van der Waals surface area contributed by atoms with Crippen molar-refractivity contribution in [3.63, 3.8) is 0 Å². The SMILES string of the molecule is CC(=O)CN1C(=O)S/C(=C\c2ccc(N(C)C)cc2)C1=O. The molecular weight excluding hydrogens is 288 g/mol. The third-order valence-electron chi connectivity index (χ3n) is 2.96. The Morgan fingerprint density at radius 3 is 2.38 bits per heavy atom. The molecule has 0 atom stereocenters. The average molecular weight is 304 g/mol. The highest BCUT2D eigenvalue weighted by atomic mass is 32.2. The standard InChI is InChI=1S/C15H16N2O3S/c1-10(18)9-17-14(19)13(21-15(17)20)8-11-4-6-12(7-5-11)16(2)3/h4-8H,9H2,1-3H3/b13-8-. The summed E-state index contributed by atoms with van der Waals surface area (Å²) in [6.07, 6.45) is 1.67. The van der Waals surface area contributed by atoms with Gasteiger partial charge in [0, 0.05) is 19.8 Å². The molecule has 6 heteroatoms. The molecule has 110 valence electrons. The predicted octanol–water partition coefficient (Wildman–Crippen LogP) is 2.38. The number of imide groups is 1. The highest BCUT2D eigenvalue weighted by Crippen LogP contribution is 2.32. The first kappa shape index (κ1) is 15.3. The second-order valence-corrected chi connectivity index (χ2v) is 5.95. The largest absolute Gasteiger partial charge is 0.378 e. The molecule has 0 aromatic heterocycles. The lowest BCUT2D eigenvalue weighted by Gasteiger charge is -2.12. The van der Waals surface area contributed by atoms with Gasteiger partial charge in [0.1, 0.15) is 5.78 Å². The van der Waals surface area contributed by atoms with Crippen molar-refractivity contribution in [3.8, 4) is 0 Å². The first-order valence-corrected chi connectivity index (χ1v) is 7.22. The van der Waals surface area contributed by atoms with Crippen LogP contribution in [0.2, 0.25) is 0 Å². The normalized spacial score (nSPS) is 16.7. The van der Waals surface area contributed by atoms with E-state index >= 15 is 0 Å². The number of thioether (sulfide) groups is 1. The highest BCUT2D eigenvalue weighted by molar-refractivity contribution is 8.18. The van der Waals surface area contributed by atoms with Crippen LogP contribution in [0.5, 0.6) is 0 Å². The molecule has 0 N–H and O–H groups in total. The second kappa shape index (κ2) is 6.13. The molecular formula is C15H16N2O3S. The maximum atomic E-state index is 12.1. The Hall–Kier alpha value is -2.08. The molecule has 5 nitrogen and oxygen atoms in total. The lowest BCUT2D eigenvalue weighted by molar-refractivity contribution is -0.127. The first-order valence-electron chi connectivity index (χ1n) is 6.40. The van der Waals surface area contributed by atoms with Gasteiger partial charge in [-0.25, -0.2) is 0 Å². The fourth-order valence-electron chi connectivity index (χ4n) is 1.88. The molecule has 1 fully saturated rings. The van der Waals surface area contributed by atoms with E-state index in [0.717, 1.165) is 27.9 Å². The monoisotopic (exact) mass is 304 g/mol. The molecule has 0 bridgehead atoms. The van der Waals surface area contributed by atoms with E-state index < -0.39 is 11.1 Å². The highest BCUT2D eigenvalue weighted by Gasteiger charge is 2.35. The number of nitrogens with zero attached hydrogens (tertiary/aromatic N) is 2. The molecule has 1 heterocycles. The Labute approximate surface area is 127 Å². The molecule has 1 saturated heterocycles. The lowest BCUT2D eigenvalue weighted by atomic mass is 10.2. The molecule has 0 aliphatic carbocycles. The molecule has 1 aliphatic heterocycles. The molecule has 21 heavy (non-hydrogen) atoms. The molecule has 1 aliphatic rings. The van der Waals surface area contributed by atoms with Crippen LogP contribution in [0.4, 0.5) is 10.5 Å². The Bertz CT molecular complexity index is 620. The van der Waals surface area contributed by atoms with Gasteiger partial charge < -0.3 is 4.90 Å². The van der Waals surface area contributed by atoms with E-state index in [0.29, 0.717) is 4.91 Å². The number of Topliss-reactive ketones (excluding diaryl/α,β-unsaturated/α-hetero) is 1. The van der Waals surface area contributed by atoms with Crippen LogP contribution in [0.25, 0.3) is 6.08 Å². The molecule has 1 aromatic carbocycles. The Kier molecular flexibility index (Phi) is 4.47. The molecule has 0 unspecified atom stereocenters. The van der Waals surface area contributed by atoms with Crippen molar-refractivity contribution < 1.29 is 14.4 Å². The Morgan fingerprint density at radius 1 is 1.24 bits per heavy atom. The van der Waals surface area contributed by atoms with Crippen LogP contribution in [0.3, 0.4) is 0 Å². The van der Waals surface area contributed by atoms with Crippen molar-refractivity contribution in [2.45, 2.75) is 6.92 Å². The van der Waals surface area contributed by atoms with E-state index in [-0.39, 0.29) is 12.3 Å². The van der Waals surface area contributed by atoms with Crippen molar-refractivity contribution >= 4 is 40.5 Å². The summed E-state index contributed by atoms with van der Waals surface area (Å²) < 4.78 is 0. The number of benzene rings is 1. The zero-order valence-corrected chi connectivity index (χ0v) is 12.9. The number of rotatable bonds is 4. The summed E-state index contributed by atoms with van der Waals surface area (Å²) in [6.45, 7) is 1.19. The van der Waals surface area contributed by atoms with Crippen molar-refractivity contribution in [3.05, 3.63) is 34.7 Å². The van der Waals surface area contributed by atoms with E-state index in [9.17, 15) is 14.4 Å². The first-order chi connectivity index (χ1) is 9.88. The zero-order chi connectivity index (χ0) is 15.6. The van der Waals surface area contributed by atoms with Crippen LogP contribution in [0.15, 0.2) is 29.2 Å². The quantitative estimate of drug-likeness (QED) is 0.799. The maximum Gasteiger partial charge on any atom is 0.293 e. The topological polar surface area (TPSA) is 57.7 Å². The van der Waals surface area contributed by atoms with E-state index in [4.69, 9.17) is 0 Å². The number of ketones is 1. The molecule has 1 aromatic rings. The number of hydrogen-bond acceptors (Lipinski definition) is 5. The Morgan fingerprint density at radius 2 is 1.86 bits per heavy atom. The van der Waals surface area contributed by atoms with Gasteiger partial charge in [-0.1, -0.05) is 12.1 Å². The smallest absolute Gasteiger partial charge is 0.293 e. The fourth-order valence-corrected chi connectivity index (χ4v) is 2.72. The van der Waals surface area contributed by atoms with E-state index in [1.807, 2.05) is 43.3 Å². The second-order valence-electron chi connectivity index (χ2n) is 4.96. The summed E-state index contributed by atoms with van der Waals surface area (Å²) in [4.78, 5) is 38.2. The van der Waals surface area contributed by atoms with E-state index in [2.05, 4.69) is 0 Å². The van der Waals surface area contributed by atoms with Crippen molar-refractivity contribution in [2.24, 2.45) is 0 Å². The van der Waals surface area contributed by atoms with E-state index in [1.54, 1.807) is 6.08 Å². The summed E-state index contributed by atoms with van der Waals surface area (Å²) in [5.41, 5.74) is 1.89. The molecule has 0 radical (unpaired) electrons. The van der Waals surface area contributed by atoms with Gasteiger partial charge in [0.15, 0.2) is 0 Å². The predicted molar refractivity (Wildman–Crippen MR) is 84.1 cm³/mol. The number of anilines is 1. The van der Waals surface area contributed by atoms with Gasteiger partial charge in [0.2, 0.25) is 0 Å². The summed E-state index contributed by atoms with van der Waals surface area (Å²) in [6, 6.07) is 7.64. The molecule has 2 amide bonds. The molecule has 0 spiro atoms. The van der Waals surface area contributed by atoms with Crippen molar-refractivity contribution in [2.75, 3.05) is 25.5 Å². The van der Waals surface area contributed by atoms with Gasteiger partial charge in [-0.05, 0) is 42.5 Å². The van der Waals surface area contributed by atoms with Gasteiger partial charge in [0.25, 0.3) is 11.1 Å². The fraction of sp³-hybridized carbons (Fsp3) is 0.267. The molecule has 0 saturated carbocycles. The summed E-state index contributed by atoms with van der Waals surface area (Å²) in [5.74, 6) is -0.620. The van der Waals surface area contributed by atoms with Gasteiger partial charge in [-0.15, -0.1) is 0 Å². The van der Waals surface area contributed by atoms with Crippen LogP contribution >= 0.6 is 11.8 Å². The summed E-state index contributed by atoms with van der Waals surface area (Å²) in [7, 11) is 3.89. The maximum absolute atomic E-state index is 12.1. The van der Waals surface area contributed by atoms with Crippen molar-refractivity contribution in [1.82, 2.24) is 4.90 Å². The third kappa shape index (κ3) is 3.52. The third-order valence-corrected chi connectivity index (χ3v) is 3.87. The van der Waals surface area contributed by atoms with Crippen molar-refractivity contribution in [1.29, 1.82) is 0 Å². The van der Waals surface area contributed by atoms with Crippen LogP contribution in [-0.2, 0) is 9.59 Å². The minimum atomic E-state index is -0.406. The minimum absolute atomic E-state index is 0.165. The van der Waals surface area contributed by atoms with Gasteiger partial charge in [-0.3, -0.25) is 19.3 Å². The average Bonchev–Trinajstić information content (AvgIpc) is 2.67. The summed E-state index contributed by atoms with van der Waals surface area (Å²) in [5, 5.41) is -0.397. The van der Waals surface area contributed by atoms with Crippen LogP contribution in [0, 0.1) is 0 Å². The lowest BCUT2D eigenvalue weighted by Crippen LogP contribution is -2.32. The van der Waals surface area contributed by atoms with Crippen LogP contribution < -0.4 is 4.90 Å². The minimum Gasteiger partial charge on any atom is -0.378 e. The zero-order valence-electron chi connectivity index (χ0n) is 12.1. The van der Waals surface area contributed by atoms with Gasteiger partial charge in [0.05, 0.1) is 11.4 Å². The van der Waals surface area contributed by atoms with Gasteiger partial charge in [-0.2, -0.15) is 0 Å². The van der Waals surface area contributed by atoms with Gasteiger partial charge >= 0.3 is 0 Å². The number of carbonyl (C=O) groups is 3. The van der Waals surface area contributed by atoms with Crippen LogP contribution in [0.1, 0.15) is 12.5 Å². The number of hydrogen-bond donors (Lipinski definition) is 0. The number of carbonyl (C=O) groups excluding carboxylic acids is 3. The number of amides is 2. The van der Waals surface area contributed by atoms with E-state index in [1.165, 1.54) is 6.92 Å².